The third-order valence-electron chi connectivity index (χ3n) is 7.69. The number of hydrogen-bond acceptors (Lipinski definition) is 1. The van der Waals surface area contributed by atoms with E-state index in [2.05, 4.69) is 143 Å². The highest BCUT2D eigenvalue weighted by molar-refractivity contribution is 7.23. The third kappa shape index (κ3) is 3.00. The van der Waals surface area contributed by atoms with Crippen molar-refractivity contribution in [3.63, 3.8) is 0 Å². The molecule has 8 aromatic rings. The Morgan fingerprint density at radius 2 is 1.05 bits per heavy atom. The maximum atomic E-state index is 2.43. The molecule has 0 spiro atoms. The maximum Gasteiger partial charge on any atom is 0.0684 e. The molecule has 180 valence electrons. The maximum absolute atomic E-state index is 2.43. The standard InChI is InChI=1S/C35H24N2S/c1-23-33-35(28-17-9-11-19-31(28)37(33)26-14-6-3-7-15-26)38-34(23)24-20-21-32-29(22-24)27-16-8-10-18-30(27)36(32)25-12-4-2-5-13-25/h2-22H,1H3. The Kier molecular flexibility index (Phi) is 4.64. The van der Waals surface area contributed by atoms with Gasteiger partial charge >= 0.3 is 0 Å². The van der Waals surface area contributed by atoms with Crippen molar-refractivity contribution >= 4 is 54.3 Å². The molecule has 0 amide bonds. The Bertz CT molecular complexity index is 2130. The van der Waals surface area contributed by atoms with Crippen molar-refractivity contribution in [2.45, 2.75) is 6.92 Å². The normalized spacial score (nSPS) is 11.8. The van der Waals surface area contributed by atoms with E-state index in [-0.39, 0.29) is 0 Å². The second-order valence-corrected chi connectivity index (χ2v) is 10.9. The van der Waals surface area contributed by atoms with Crippen molar-refractivity contribution in [1.29, 1.82) is 0 Å². The molecular weight excluding hydrogens is 480 g/mol. The van der Waals surface area contributed by atoms with Gasteiger partial charge in [-0.15, -0.1) is 11.3 Å². The first-order valence-electron chi connectivity index (χ1n) is 13.0. The molecule has 38 heavy (non-hydrogen) atoms. The minimum Gasteiger partial charge on any atom is -0.309 e. The number of thiophene rings is 1. The van der Waals surface area contributed by atoms with Crippen LogP contribution in [0.2, 0.25) is 0 Å². The van der Waals surface area contributed by atoms with Gasteiger partial charge in [0.15, 0.2) is 0 Å². The van der Waals surface area contributed by atoms with E-state index in [1.54, 1.807) is 0 Å². The lowest BCUT2D eigenvalue weighted by molar-refractivity contribution is 1.17. The van der Waals surface area contributed by atoms with Crippen LogP contribution in [0.15, 0.2) is 127 Å². The van der Waals surface area contributed by atoms with Gasteiger partial charge < -0.3 is 9.13 Å². The van der Waals surface area contributed by atoms with Crippen LogP contribution in [-0.4, -0.2) is 9.13 Å². The Morgan fingerprint density at radius 3 is 1.76 bits per heavy atom. The lowest BCUT2D eigenvalue weighted by atomic mass is 10.1. The summed E-state index contributed by atoms with van der Waals surface area (Å²) in [6.45, 7) is 2.28. The van der Waals surface area contributed by atoms with Crippen molar-refractivity contribution in [2.75, 3.05) is 0 Å². The lowest BCUT2D eigenvalue weighted by Gasteiger charge is -2.09. The van der Waals surface area contributed by atoms with Crippen LogP contribution >= 0.6 is 11.3 Å². The van der Waals surface area contributed by atoms with Gasteiger partial charge in [0, 0.05) is 32.4 Å². The molecular formula is C35H24N2S. The van der Waals surface area contributed by atoms with E-state index in [9.17, 15) is 0 Å². The Balaban J connectivity index is 1.41. The van der Waals surface area contributed by atoms with E-state index in [1.807, 2.05) is 11.3 Å². The van der Waals surface area contributed by atoms with E-state index in [4.69, 9.17) is 0 Å². The summed E-state index contributed by atoms with van der Waals surface area (Å²) in [4.78, 5) is 1.34. The predicted molar refractivity (Wildman–Crippen MR) is 163 cm³/mol. The van der Waals surface area contributed by atoms with E-state index in [1.165, 1.54) is 70.3 Å². The highest BCUT2D eigenvalue weighted by Crippen LogP contribution is 2.45. The first-order valence-corrected chi connectivity index (χ1v) is 13.8. The molecule has 0 aliphatic carbocycles. The molecule has 8 rings (SSSR count). The first kappa shape index (κ1) is 21.5. The zero-order valence-electron chi connectivity index (χ0n) is 20.9. The van der Waals surface area contributed by atoms with Gasteiger partial charge in [-0.3, -0.25) is 0 Å². The smallest absolute Gasteiger partial charge is 0.0684 e. The lowest BCUT2D eigenvalue weighted by Crippen LogP contribution is -1.94. The zero-order valence-corrected chi connectivity index (χ0v) is 21.7. The van der Waals surface area contributed by atoms with Gasteiger partial charge in [0.05, 0.1) is 26.8 Å². The van der Waals surface area contributed by atoms with Gasteiger partial charge in [0.1, 0.15) is 0 Å². The summed E-state index contributed by atoms with van der Waals surface area (Å²) < 4.78 is 6.16. The summed E-state index contributed by atoms with van der Waals surface area (Å²) in [5.41, 5.74) is 10.0. The first-order chi connectivity index (χ1) is 18.8. The van der Waals surface area contributed by atoms with Crippen molar-refractivity contribution < 1.29 is 0 Å². The molecule has 0 fully saturated rings. The van der Waals surface area contributed by atoms with Crippen LogP contribution in [0.3, 0.4) is 0 Å². The van der Waals surface area contributed by atoms with Gasteiger partial charge in [-0.1, -0.05) is 78.9 Å². The fourth-order valence-corrected chi connectivity index (χ4v) is 7.35. The summed E-state index contributed by atoms with van der Waals surface area (Å²) in [5.74, 6) is 0. The van der Waals surface area contributed by atoms with Gasteiger partial charge in [-0.2, -0.15) is 0 Å². The Hall–Kier alpha value is -4.60. The van der Waals surface area contributed by atoms with Gasteiger partial charge in [-0.05, 0) is 66.6 Å². The minimum absolute atomic E-state index is 1.19. The Morgan fingerprint density at radius 1 is 0.500 bits per heavy atom. The molecule has 0 saturated carbocycles. The number of aromatic nitrogens is 2. The quantitative estimate of drug-likeness (QED) is 0.227. The van der Waals surface area contributed by atoms with Crippen molar-refractivity contribution in [1.82, 2.24) is 9.13 Å². The number of fused-ring (bicyclic) bond motifs is 6. The van der Waals surface area contributed by atoms with Crippen LogP contribution in [0.1, 0.15) is 5.56 Å². The van der Waals surface area contributed by atoms with Crippen LogP contribution in [0.25, 0.3) is 64.7 Å². The SMILES string of the molecule is Cc1c(-c2ccc3c(c2)c2ccccc2n3-c2ccccc2)sc2c3ccccc3n(-c3ccccc3)c12. The second-order valence-electron chi connectivity index (χ2n) is 9.84. The van der Waals surface area contributed by atoms with Gasteiger partial charge in [0.25, 0.3) is 0 Å². The summed E-state index contributed by atoms with van der Waals surface area (Å²) >= 11 is 1.91. The molecule has 0 N–H and O–H groups in total. The van der Waals surface area contributed by atoms with E-state index < -0.39 is 0 Å². The number of hydrogen-bond donors (Lipinski definition) is 0. The molecule has 0 aliphatic rings. The summed E-state index contributed by atoms with van der Waals surface area (Å²) in [5, 5.41) is 3.88. The van der Waals surface area contributed by atoms with Gasteiger partial charge in [-0.25, -0.2) is 0 Å². The minimum atomic E-state index is 1.19. The van der Waals surface area contributed by atoms with Crippen molar-refractivity contribution in [3.05, 3.63) is 133 Å². The van der Waals surface area contributed by atoms with Crippen LogP contribution in [0.5, 0.6) is 0 Å². The predicted octanol–water partition coefficient (Wildman–Crippen LogP) is 9.92. The van der Waals surface area contributed by atoms with Crippen LogP contribution in [-0.2, 0) is 0 Å². The largest absolute Gasteiger partial charge is 0.309 e. The molecule has 2 nitrogen and oxygen atoms in total. The molecule has 0 aliphatic heterocycles. The summed E-state index contributed by atoms with van der Waals surface area (Å²) in [7, 11) is 0. The number of benzene rings is 5. The molecule has 3 aromatic heterocycles. The number of nitrogens with zero attached hydrogens (tertiary/aromatic N) is 2. The molecule has 0 radical (unpaired) electrons. The average molecular weight is 505 g/mol. The fourth-order valence-electron chi connectivity index (χ4n) is 6.03. The van der Waals surface area contributed by atoms with E-state index in [0.717, 1.165) is 0 Å². The highest BCUT2D eigenvalue weighted by atomic mass is 32.1. The number of para-hydroxylation sites is 4. The van der Waals surface area contributed by atoms with Crippen LogP contribution < -0.4 is 0 Å². The summed E-state index contributed by atoms with van der Waals surface area (Å²) in [6.07, 6.45) is 0. The van der Waals surface area contributed by atoms with Crippen LogP contribution in [0.4, 0.5) is 0 Å². The fraction of sp³-hybridized carbons (Fsp3) is 0.0286. The molecule has 5 aromatic carbocycles. The zero-order chi connectivity index (χ0) is 25.2. The number of aryl methyl sites for hydroxylation is 1. The van der Waals surface area contributed by atoms with Crippen LogP contribution in [0, 0.1) is 6.92 Å². The second kappa shape index (κ2) is 8.20. The van der Waals surface area contributed by atoms with E-state index in [0.29, 0.717) is 0 Å². The van der Waals surface area contributed by atoms with E-state index >= 15 is 0 Å². The number of rotatable bonds is 3. The average Bonchev–Trinajstić information content (AvgIpc) is 3.61. The molecule has 0 unspecified atom stereocenters. The highest BCUT2D eigenvalue weighted by Gasteiger charge is 2.21. The monoisotopic (exact) mass is 504 g/mol. The molecule has 0 saturated heterocycles. The molecule has 0 bridgehead atoms. The van der Waals surface area contributed by atoms with Crippen molar-refractivity contribution in [3.8, 4) is 21.8 Å². The molecule has 3 heteroatoms. The third-order valence-corrected chi connectivity index (χ3v) is 9.06. The summed E-state index contributed by atoms with van der Waals surface area (Å²) in [6, 6.07) is 45.9. The molecule has 0 atom stereocenters. The van der Waals surface area contributed by atoms with Crippen molar-refractivity contribution in [2.24, 2.45) is 0 Å². The van der Waals surface area contributed by atoms with Gasteiger partial charge in [0.2, 0.25) is 0 Å². The Labute approximate surface area is 224 Å². The molecule has 3 heterocycles. The topological polar surface area (TPSA) is 9.86 Å².